The number of aromatic amines is 1. The van der Waals surface area contributed by atoms with E-state index in [0.29, 0.717) is 41.8 Å². The van der Waals surface area contributed by atoms with Crippen LogP contribution < -0.4 is 25.1 Å². The number of fused-ring (bicyclic) bond motifs is 1. The van der Waals surface area contributed by atoms with Crippen LogP contribution in [-0.4, -0.2) is 75.0 Å². The Morgan fingerprint density at radius 3 is 2.43 bits per heavy atom. The lowest BCUT2D eigenvalue weighted by Gasteiger charge is -2.27. The third-order valence-corrected chi connectivity index (χ3v) is 6.13. The lowest BCUT2D eigenvalue weighted by Crippen LogP contribution is -2.43. The highest BCUT2D eigenvalue weighted by Crippen LogP contribution is 2.27. The van der Waals surface area contributed by atoms with Crippen LogP contribution >= 0.6 is 12.2 Å². The van der Waals surface area contributed by atoms with Gasteiger partial charge in [0.15, 0.2) is 16.6 Å². The minimum Gasteiger partial charge on any atom is -0.497 e. The second kappa shape index (κ2) is 12.4. The summed E-state index contributed by atoms with van der Waals surface area (Å²) in [5.74, 6) is 2.15. The van der Waals surface area contributed by atoms with Crippen molar-refractivity contribution in [2.75, 3.05) is 55.1 Å². The third-order valence-electron chi connectivity index (χ3n) is 5.73. The van der Waals surface area contributed by atoms with Crippen molar-refractivity contribution in [3.63, 3.8) is 0 Å². The number of aromatic nitrogens is 1. The highest BCUT2D eigenvalue weighted by Gasteiger charge is 2.14. The predicted molar refractivity (Wildman–Crippen MR) is 144 cm³/mol. The number of benzene rings is 2. The van der Waals surface area contributed by atoms with Crippen LogP contribution in [0, 0.1) is 0 Å². The zero-order chi connectivity index (χ0) is 25.4. The van der Waals surface area contributed by atoms with Gasteiger partial charge in [0, 0.05) is 36.1 Å². The SMILES string of the molecule is COc1ccc2[nH]c(=O)c(CN(CCN(C)C)C(=S)NCCc3ccc(OC)c(OC)c3)cc2c1. The molecule has 1 aromatic heterocycles. The van der Waals surface area contributed by atoms with Crippen LogP contribution in [0.1, 0.15) is 11.1 Å². The van der Waals surface area contributed by atoms with E-state index in [4.69, 9.17) is 26.4 Å². The summed E-state index contributed by atoms with van der Waals surface area (Å²) in [5, 5.41) is 4.88. The summed E-state index contributed by atoms with van der Waals surface area (Å²) >= 11 is 5.73. The largest absolute Gasteiger partial charge is 0.497 e. The number of methoxy groups -OCH3 is 3. The van der Waals surface area contributed by atoms with Gasteiger partial charge in [-0.15, -0.1) is 0 Å². The molecule has 0 radical (unpaired) electrons. The monoisotopic (exact) mass is 498 g/mol. The van der Waals surface area contributed by atoms with Gasteiger partial charge in [0.05, 0.1) is 27.9 Å². The van der Waals surface area contributed by atoms with E-state index in [9.17, 15) is 4.79 Å². The van der Waals surface area contributed by atoms with E-state index in [1.165, 1.54) is 0 Å². The van der Waals surface area contributed by atoms with E-state index in [0.717, 1.165) is 35.2 Å². The van der Waals surface area contributed by atoms with Crippen LogP contribution in [0.25, 0.3) is 10.9 Å². The number of rotatable bonds is 11. The fourth-order valence-electron chi connectivity index (χ4n) is 3.71. The number of hydrogen-bond acceptors (Lipinski definition) is 6. The van der Waals surface area contributed by atoms with Crippen LogP contribution in [0.3, 0.4) is 0 Å². The normalized spacial score (nSPS) is 10.9. The predicted octanol–water partition coefficient (Wildman–Crippen LogP) is 3.03. The number of nitrogens with zero attached hydrogens (tertiary/aromatic N) is 2. The number of hydrogen-bond donors (Lipinski definition) is 2. The van der Waals surface area contributed by atoms with E-state index in [1.54, 1.807) is 21.3 Å². The summed E-state index contributed by atoms with van der Waals surface area (Å²) in [4.78, 5) is 19.9. The molecule has 0 amide bonds. The summed E-state index contributed by atoms with van der Waals surface area (Å²) in [6.45, 7) is 2.54. The maximum Gasteiger partial charge on any atom is 0.253 e. The Balaban J connectivity index is 1.72. The van der Waals surface area contributed by atoms with Crippen molar-refractivity contribution in [1.82, 2.24) is 20.1 Å². The van der Waals surface area contributed by atoms with Gasteiger partial charge in [-0.2, -0.15) is 0 Å². The molecule has 1 heterocycles. The summed E-state index contributed by atoms with van der Waals surface area (Å²) < 4.78 is 16.0. The van der Waals surface area contributed by atoms with Gasteiger partial charge in [0.2, 0.25) is 0 Å². The molecule has 0 fully saturated rings. The Hall–Kier alpha value is -3.30. The van der Waals surface area contributed by atoms with E-state index in [-0.39, 0.29) is 5.56 Å². The second-order valence-electron chi connectivity index (χ2n) is 8.47. The van der Waals surface area contributed by atoms with Crippen molar-refractivity contribution < 1.29 is 14.2 Å². The molecule has 3 rings (SSSR count). The molecular weight excluding hydrogens is 464 g/mol. The molecule has 0 aliphatic rings. The first kappa shape index (κ1) is 26.3. The Kier molecular flexibility index (Phi) is 9.33. The molecule has 3 aromatic rings. The number of pyridine rings is 1. The maximum absolute atomic E-state index is 12.8. The van der Waals surface area contributed by atoms with Gasteiger partial charge < -0.3 is 34.3 Å². The van der Waals surface area contributed by atoms with Crippen LogP contribution in [0.5, 0.6) is 17.2 Å². The molecule has 0 atom stereocenters. The van der Waals surface area contributed by atoms with Crippen LogP contribution in [0.15, 0.2) is 47.3 Å². The third kappa shape index (κ3) is 7.10. The summed E-state index contributed by atoms with van der Waals surface area (Å²) in [7, 11) is 8.91. The number of ether oxygens (including phenoxy) is 3. The quantitative estimate of drug-likeness (QED) is 0.391. The molecule has 2 N–H and O–H groups in total. The Morgan fingerprint density at radius 1 is 0.971 bits per heavy atom. The fraction of sp³-hybridized carbons (Fsp3) is 0.385. The molecule has 0 aliphatic carbocycles. The molecule has 0 saturated carbocycles. The maximum atomic E-state index is 12.8. The molecule has 0 spiro atoms. The summed E-state index contributed by atoms with van der Waals surface area (Å²) in [5.41, 5.74) is 2.41. The molecular formula is C26H34N4O4S. The van der Waals surface area contributed by atoms with Gasteiger partial charge in [-0.1, -0.05) is 6.07 Å². The Bertz CT molecular complexity index is 1210. The minimum atomic E-state index is -0.120. The first-order chi connectivity index (χ1) is 16.8. The van der Waals surface area contributed by atoms with Crippen molar-refractivity contribution in [2.45, 2.75) is 13.0 Å². The van der Waals surface area contributed by atoms with E-state index < -0.39 is 0 Å². The zero-order valence-electron chi connectivity index (χ0n) is 21.0. The Labute approximate surface area is 211 Å². The summed E-state index contributed by atoms with van der Waals surface area (Å²) in [6.07, 6.45) is 0.762. The number of nitrogens with one attached hydrogen (secondary N) is 2. The van der Waals surface area contributed by atoms with E-state index >= 15 is 0 Å². The van der Waals surface area contributed by atoms with Crippen LogP contribution in [0.2, 0.25) is 0 Å². The van der Waals surface area contributed by atoms with Gasteiger partial charge in [0.25, 0.3) is 5.56 Å². The van der Waals surface area contributed by atoms with Gasteiger partial charge in [-0.25, -0.2) is 0 Å². The fourth-order valence-corrected chi connectivity index (χ4v) is 3.97. The van der Waals surface area contributed by atoms with Crippen LogP contribution in [0.4, 0.5) is 0 Å². The minimum absolute atomic E-state index is 0.120. The average molecular weight is 499 g/mol. The molecule has 35 heavy (non-hydrogen) atoms. The summed E-state index contributed by atoms with van der Waals surface area (Å²) in [6, 6.07) is 13.4. The van der Waals surface area contributed by atoms with E-state index in [2.05, 4.69) is 15.2 Å². The lowest BCUT2D eigenvalue weighted by atomic mass is 10.1. The van der Waals surface area contributed by atoms with Gasteiger partial charge in [0.1, 0.15) is 5.75 Å². The first-order valence-electron chi connectivity index (χ1n) is 11.4. The molecule has 0 unspecified atom stereocenters. The lowest BCUT2D eigenvalue weighted by molar-refractivity contribution is 0.322. The number of H-pyrrole nitrogens is 1. The zero-order valence-corrected chi connectivity index (χ0v) is 21.8. The highest BCUT2D eigenvalue weighted by molar-refractivity contribution is 7.80. The van der Waals surface area contributed by atoms with Crippen molar-refractivity contribution in [1.29, 1.82) is 0 Å². The Morgan fingerprint density at radius 2 is 1.74 bits per heavy atom. The second-order valence-corrected chi connectivity index (χ2v) is 8.86. The van der Waals surface area contributed by atoms with Gasteiger partial charge in [-0.3, -0.25) is 4.79 Å². The standard InChI is InChI=1S/C26H34N4O4S/c1-29(2)12-13-30(17-20-15-19-16-21(32-3)7-8-22(19)28-25(20)31)26(35)27-11-10-18-6-9-23(33-4)24(14-18)34-5/h6-9,14-16H,10-13,17H2,1-5H3,(H,27,35)(H,28,31). The van der Waals surface area contributed by atoms with Crippen molar-refractivity contribution in [3.8, 4) is 17.2 Å². The highest BCUT2D eigenvalue weighted by atomic mass is 32.1. The number of likely N-dealkylation sites (N-methyl/N-ethyl adjacent to an activating group) is 1. The molecule has 2 aromatic carbocycles. The van der Waals surface area contributed by atoms with Gasteiger partial charge in [-0.05, 0) is 74.7 Å². The van der Waals surface area contributed by atoms with E-state index in [1.807, 2.05) is 61.5 Å². The molecule has 0 bridgehead atoms. The van der Waals surface area contributed by atoms with Gasteiger partial charge >= 0.3 is 0 Å². The molecule has 8 nitrogen and oxygen atoms in total. The van der Waals surface area contributed by atoms with Crippen molar-refractivity contribution in [2.24, 2.45) is 0 Å². The topological polar surface area (TPSA) is 79.1 Å². The molecule has 9 heteroatoms. The smallest absolute Gasteiger partial charge is 0.253 e. The molecule has 0 aliphatic heterocycles. The van der Waals surface area contributed by atoms with Crippen molar-refractivity contribution >= 4 is 28.2 Å². The van der Waals surface area contributed by atoms with Crippen molar-refractivity contribution in [3.05, 3.63) is 63.9 Å². The van der Waals surface area contributed by atoms with Crippen LogP contribution in [-0.2, 0) is 13.0 Å². The average Bonchev–Trinajstić information content (AvgIpc) is 2.86. The molecule has 188 valence electrons. The first-order valence-corrected chi connectivity index (χ1v) is 11.8. The molecule has 0 saturated heterocycles. The number of thiocarbonyl (C=S) groups is 1.